The van der Waals surface area contributed by atoms with Gasteiger partial charge < -0.3 is 4.57 Å². The number of benzene rings is 1. The topological polar surface area (TPSA) is 17.8 Å². The summed E-state index contributed by atoms with van der Waals surface area (Å²) in [5.74, 6) is 1.64. The number of halogens is 2. The maximum atomic E-state index is 5.89. The summed E-state index contributed by atoms with van der Waals surface area (Å²) >= 11 is 11.1. The van der Waals surface area contributed by atoms with E-state index in [0.717, 1.165) is 34.3 Å². The van der Waals surface area contributed by atoms with Crippen molar-refractivity contribution in [3.8, 4) is 0 Å². The summed E-state index contributed by atoms with van der Waals surface area (Å²) in [5.41, 5.74) is 3.49. The maximum Gasteiger partial charge on any atom is 0.111 e. The summed E-state index contributed by atoms with van der Waals surface area (Å²) in [6.07, 6.45) is 0.790. The van der Waals surface area contributed by atoms with Crippen LogP contribution in [0.5, 0.6) is 0 Å². The van der Waals surface area contributed by atoms with E-state index < -0.39 is 0 Å². The van der Waals surface area contributed by atoms with Gasteiger partial charge in [-0.15, -0.1) is 11.6 Å². The summed E-state index contributed by atoms with van der Waals surface area (Å²) in [6.45, 7) is 0.850. The van der Waals surface area contributed by atoms with Gasteiger partial charge >= 0.3 is 0 Å². The highest BCUT2D eigenvalue weighted by Crippen LogP contribution is 2.23. The summed E-state index contributed by atoms with van der Waals surface area (Å²) in [6, 6.07) is 8.33. The Balaban J connectivity index is 2.12. The fraction of sp³-hybridized carbons (Fsp3) is 0.214. The Kier molecular flexibility index (Phi) is 3.91. The molecule has 0 unspecified atom stereocenters. The summed E-state index contributed by atoms with van der Waals surface area (Å²) in [5, 5.41) is 4.28. The van der Waals surface area contributed by atoms with E-state index in [1.54, 1.807) is 11.3 Å². The van der Waals surface area contributed by atoms with Gasteiger partial charge in [-0.25, -0.2) is 4.98 Å². The van der Waals surface area contributed by atoms with E-state index in [1.165, 1.54) is 5.56 Å². The molecule has 0 N–H and O–H groups in total. The largest absolute Gasteiger partial charge is 0.323 e. The van der Waals surface area contributed by atoms with Crippen molar-refractivity contribution in [1.29, 1.82) is 0 Å². The predicted octanol–water partition coefficient (Wildman–Crippen LogP) is 4.69. The SMILES string of the molecule is ClCCc1nc2ccc(Br)cc2n1Cc1ccsc1. The van der Waals surface area contributed by atoms with Crippen LogP contribution in [0.15, 0.2) is 39.5 Å². The number of nitrogens with zero attached hydrogens (tertiary/aromatic N) is 2. The highest BCUT2D eigenvalue weighted by Gasteiger charge is 2.11. The van der Waals surface area contributed by atoms with Crippen molar-refractivity contribution in [2.45, 2.75) is 13.0 Å². The molecule has 1 aromatic carbocycles. The van der Waals surface area contributed by atoms with Crippen molar-refractivity contribution in [3.63, 3.8) is 0 Å². The zero-order chi connectivity index (χ0) is 13.2. The number of aryl methyl sites for hydroxylation is 1. The van der Waals surface area contributed by atoms with E-state index in [1.807, 2.05) is 12.1 Å². The molecule has 2 heterocycles. The van der Waals surface area contributed by atoms with Crippen molar-refractivity contribution >= 4 is 49.9 Å². The van der Waals surface area contributed by atoms with Gasteiger partial charge in [-0.3, -0.25) is 0 Å². The molecule has 0 saturated heterocycles. The lowest BCUT2D eigenvalue weighted by atomic mass is 10.3. The van der Waals surface area contributed by atoms with E-state index in [9.17, 15) is 0 Å². The number of hydrogen-bond donors (Lipinski definition) is 0. The van der Waals surface area contributed by atoms with Gasteiger partial charge in [0, 0.05) is 16.8 Å². The molecule has 0 aliphatic heterocycles. The Morgan fingerprint density at radius 2 is 2.21 bits per heavy atom. The van der Waals surface area contributed by atoms with Crippen LogP contribution >= 0.6 is 38.9 Å². The van der Waals surface area contributed by atoms with E-state index in [4.69, 9.17) is 11.6 Å². The molecule has 0 spiro atoms. The van der Waals surface area contributed by atoms with Crippen molar-refractivity contribution in [2.75, 3.05) is 5.88 Å². The molecule has 3 aromatic rings. The highest BCUT2D eigenvalue weighted by atomic mass is 79.9. The van der Waals surface area contributed by atoms with Crippen molar-refractivity contribution in [3.05, 3.63) is 50.9 Å². The third-order valence-electron chi connectivity index (χ3n) is 3.03. The molecule has 0 aliphatic carbocycles. The number of fused-ring (bicyclic) bond motifs is 1. The first-order valence-electron chi connectivity index (χ1n) is 5.99. The van der Waals surface area contributed by atoms with Gasteiger partial charge in [0.25, 0.3) is 0 Å². The van der Waals surface area contributed by atoms with Gasteiger partial charge in [-0.1, -0.05) is 15.9 Å². The van der Waals surface area contributed by atoms with Gasteiger partial charge in [0.15, 0.2) is 0 Å². The number of thiophene rings is 1. The Morgan fingerprint density at radius 3 is 2.95 bits per heavy atom. The number of rotatable bonds is 4. The zero-order valence-corrected chi connectivity index (χ0v) is 13.3. The summed E-state index contributed by atoms with van der Waals surface area (Å²) in [4.78, 5) is 4.69. The predicted molar refractivity (Wildman–Crippen MR) is 85.3 cm³/mol. The molecular formula is C14H12BrClN2S. The van der Waals surface area contributed by atoms with Crippen LogP contribution in [-0.4, -0.2) is 15.4 Å². The number of alkyl halides is 1. The molecule has 98 valence electrons. The number of imidazole rings is 1. The van der Waals surface area contributed by atoms with Crippen molar-refractivity contribution < 1.29 is 0 Å². The molecule has 0 saturated carbocycles. The van der Waals surface area contributed by atoms with Crippen molar-refractivity contribution in [1.82, 2.24) is 9.55 Å². The maximum absolute atomic E-state index is 5.89. The quantitative estimate of drug-likeness (QED) is 0.621. The smallest absolute Gasteiger partial charge is 0.111 e. The van der Waals surface area contributed by atoms with Gasteiger partial charge in [-0.2, -0.15) is 11.3 Å². The number of hydrogen-bond acceptors (Lipinski definition) is 2. The molecule has 0 radical (unpaired) electrons. The lowest BCUT2D eigenvalue weighted by molar-refractivity contribution is 0.756. The second-order valence-electron chi connectivity index (χ2n) is 4.32. The first-order chi connectivity index (χ1) is 9.28. The Hall–Kier alpha value is -0.840. The van der Waals surface area contributed by atoms with Crippen LogP contribution in [0.1, 0.15) is 11.4 Å². The average molecular weight is 356 g/mol. The second-order valence-corrected chi connectivity index (χ2v) is 6.39. The third kappa shape index (κ3) is 2.71. The van der Waals surface area contributed by atoms with Gasteiger partial charge in [0.05, 0.1) is 17.6 Å². The molecule has 0 aliphatic rings. The van der Waals surface area contributed by atoms with Crippen LogP contribution in [0.2, 0.25) is 0 Å². The van der Waals surface area contributed by atoms with Crippen LogP contribution in [0.3, 0.4) is 0 Å². The molecule has 5 heteroatoms. The molecule has 0 amide bonds. The first kappa shape index (κ1) is 13.2. The Morgan fingerprint density at radius 1 is 1.32 bits per heavy atom. The van der Waals surface area contributed by atoms with E-state index >= 15 is 0 Å². The number of aromatic nitrogens is 2. The van der Waals surface area contributed by atoms with E-state index in [-0.39, 0.29) is 0 Å². The van der Waals surface area contributed by atoms with Crippen LogP contribution in [-0.2, 0) is 13.0 Å². The fourth-order valence-corrected chi connectivity index (χ4v) is 3.34. The fourth-order valence-electron chi connectivity index (χ4n) is 2.16. The Bertz CT molecular complexity index is 691. The highest BCUT2D eigenvalue weighted by molar-refractivity contribution is 9.10. The van der Waals surface area contributed by atoms with Crippen LogP contribution in [0.25, 0.3) is 11.0 Å². The second kappa shape index (κ2) is 5.65. The molecule has 19 heavy (non-hydrogen) atoms. The average Bonchev–Trinajstić information content (AvgIpc) is 3.00. The lowest BCUT2D eigenvalue weighted by Crippen LogP contribution is -2.05. The molecule has 2 nitrogen and oxygen atoms in total. The van der Waals surface area contributed by atoms with E-state index in [0.29, 0.717) is 5.88 Å². The molecule has 0 fully saturated rings. The molecular weight excluding hydrogens is 344 g/mol. The van der Waals surface area contributed by atoms with Gasteiger partial charge in [0.1, 0.15) is 5.82 Å². The minimum Gasteiger partial charge on any atom is -0.323 e. The Labute approximate surface area is 129 Å². The molecule has 0 atom stereocenters. The zero-order valence-electron chi connectivity index (χ0n) is 10.1. The van der Waals surface area contributed by atoms with Crippen LogP contribution in [0.4, 0.5) is 0 Å². The van der Waals surface area contributed by atoms with Gasteiger partial charge in [0.2, 0.25) is 0 Å². The molecule has 3 rings (SSSR count). The minimum absolute atomic E-state index is 0.591. The van der Waals surface area contributed by atoms with E-state index in [2.05, 4.69) is 48.4 Å². The third-order valence-corrected chi connectivity index (χ3v) is 4.44. The lowest BCUT2D eigenvalue weighted by Gasteiger charge is -2.07. The molecule has 0 bridgehead atoms. The van der Waals surface area contributed by atoms with Gasteiger partial charge in [-0.05, 0) is 40.6 Å². The monoisotopic (exact) mass is 354 g/mol. The minimum atomic E-state index is 0.591. The van der Waals surface area contributed by atoms with Crippen LogP contribution in [0, 0.1) is 0 Å². The van der Waals surface area contributed by atoms with Crippen LogP contribution < -0.4 is 0 Å². The summed E-state index contributed by atoms with van der Waals surface area (Å²) < 4.78 is 3.33. The standard InChI is InChI=1S/C14H12BrClN2S/c15-11-1-2-12-13(7-11)18(14(17-12)3-5-16)8-10-4-6-19-9-10/h1-2,4,6-7,9H,3,5,8H2. The summed E-state index contributed by atoms with van der Waals surface area (Å²) in [7, 11) is 0. The van der Waals surface area contributed by atoms with Crippen molar-refractivity contribution in [2.24, 2.45) is 0 Å². The molecule has 2 aromatic heterocycles. The first-order valence-corrected chi connectivity index (χ1v) is 8.26. The normalized spacial score (nSPS) is 11.3.